The second-order valence-corrected chi connectivity index (χ2v) is 8.06. The predicted octanol–water partition coefficient (Wildman–Crippen LogP) is 3.77. The van der Waals surface area contributed by atoms with Crippen molar-refractivity contribution in [3.63, 3.8) is 0 Å². The first-order chi connectivity index (χ1) is 14.2. The second-order valence-electron chi connectivity index (χ2n) is 7.12. The van der Waals surface area contributed by atoms with Crippen molar-refractivity contribution in [1.82, 2.24) is 19.7 Å². The van der Waals surface area contributed by atoms with Gasteiger partial charge in [-0.3, -0.25) is 4.79 Å². The van der Waals surface area contributed by atoms with Crippen molar-refractivity contribution in [3.05, 3.63) is 60.2 Å². The SMILES string of the molecule is COc1ccc(CN(C(=O)CSc2nnc(-c3ccccc3)n2C)C2CC2)cc1. The number of rotatable bonds is 8. The minimum absolute atomic E-state index is 0.137. The van der Waals surface area contributed by atoms with Gasteiger partial charge in [0.15, 0.2) is 11.0 Å². The lowest BCUT2D eigenvalue weighted by atomic mass is 10.2. The van der Waals surface area contributed by atoms with E-state index in [1.165, 1.54) is 11.8 Å². The number of amides is 1. The highest BCUT2D eigenvalue weighted by Gasteiger charge is 2.32. The highest BCUT2D eigenvalue weighted by molar-refractivity contribution is 7.99. The molecule has 0 saturated heterocycles. The Morgan fingerprint density at radius 3 is 2.52 bits per heavy atom. The van der Waals surface area contributed by atoms with Crippen molar-refractivity contribution in [2.24, 2.45) is 7.05 Å². The zero-order valence-corrected chi connectivity index (χ0v) is 17.4. The first-order valence-corrected chi connectivity index (χ1v) is 10.6. The Balaban J connectivity index is 1.40. The number of benzene rings is 2. The van der Waals surface area contributed by atoms with Crippen LogP contribution in [0.5, 0.6) is 5.75 Å². The van der Waals surface area contributed by atoms with Crippen LogP contribution in [0.1, 0.15) is 18.4 Å². The molecule has 150 valence electrons. The van der Waals surface area contributed by atoms with Crippen LogP contribution in [0.15, 0.2) is 59.8 Å². The van der Waals surface area contributed by atoms with E-state index in [-0.39, 0.29) is 5.91 Å². The van der Waals surface area contributed by atoms with Crippen molar-refractivity contribution < 1.29 is 9.53 Å². The van der Waals surface area contributed by atoms with Crippen LogP contribution in [-0.2, 0) is 18.4 Å². The largest absolute Gasteiger partial charge is 0.497 e. The Hall–Kier alpha value is -2.80. The van der Waals surface area contributed by atoms with Crippen LogP contribution in [-0.4, -0.2) is 44.5 Å². The van der Waals surface area contributed by atoms with Gasteiger partial charge in [-0.15, -0.1) is 10.2 Å². The fourth-order valence-corrected chi connectivity index (χ4v) is 4.02. The fraction of sp³-hybridized carbons (Fsp3) is 0.318. The van der Waals surface area contributed by atoms with Gasteiger partial charge < -0.3 is 14.2 Å². The number of aromatic nitrogens is 3. The summed E-state index contributed by atoms with van der Waals surface area (Å²) in [6.07, 6.45) is 2.16. The average Bonchev–Trinajstić information content (AvgIpc) is 3.54. The van der Waals surface area contributed by atoms with Gasteiger partial charge in [0.25, 0.3) is 0 Å². The third-order valence-corrected chi connectivity index (χ3v) is 6.02. The van der Waals surface area contributed by atoms with Gasteiger partial charge >= 0.3 is 0 Å². The minimum Gasteiger partial charge on any atom is -0.497 e. The molecule has 1 amide bonds. The van der Waals surface area contributed by atoms with Crippen LogP contribution >= 0.6 is 11.8 Å². The van der Waals surface area contributed by atoms with E-state index in [9.17, 15) is 4.79 Å². The molecule has 1 aromatic heterocycles. The van der Waals surface area contributed by atoms with Crippen LogP contribution in [0.25, 0.3) is 11.4 Å². The molecule has 0 radical (unpaired) electrons. The van der Waals surface area contributed by atoms with E-state index in [1.54, 1.807) is 7.11 Å². The van der Waals surface area contributed by atoms with Crippen LogP contribution in [0.4, 0.5) is 0 Å². The van der Waals surface area contributed by atoms with Crippen molar-refractivity contribution in [2.75, 3.05) is 12.9 Å². The van der Waals surface area contributed by atoms with E-state index in [0.29, 0.717) is 18.3 Å². The summed E-state index contributed by atoms with van der Waals surface area (Å²) >= 11 is 1.44. The topological polar surface area (TPSA) is 60.2 Å². The molecule has 6 nitrogen and oxygen atoms in total. The van der Waals surface area contributed by atoms with Crippen LogP contribution < -0.4 is 4.74 Å². The smallest absolute Gasteiger partial charge is 0.233 e. The highest BCUT2D eigenvalue weighted by atomic mass is 32.2. The molecule has 0 unspecified atom stereocenters. The molecule has 1 saturated carbocycles. The lowest BCUT2D eigenvalue weighted by Gasteiger charge is -2.22. The van der Waals surface area contributed by atoms with Gasteiger partial charge in [-0.05, 0) is 30.5 Å². The lowest BCUT2D eigenvalue weighted by molar-refractivity contribution is -0.129. The normalized spacial score (nSPS) is 13.3. The molecule has 1 aliphatic rings. The molecule has 0 atom stereocenters. The van der Waals surface area contributed by atoms with E-state index in [2.05, 4.69) is 10.2 Å². The maximum Gasteiger partial charge on any atom is 0.233 e. The van der Waals surface area contributed by atoms with Gasteiger partial charge in [0.2, 0.25) is 5.91 Å². The fourth-order valence-electron chi connectivity index (χ4n) is 3.22. The molecule has 0 aliphatic heterocycles. The third-order valence-electron chi connectivity index (χ3n) is 5.01. The Bertz CT molecular complexity index is 968. The summed E-state index contributed by atoms with van der Waals surface area (Å²) in [5.74, 6) is 2.12. The number of hydrogen-bond donors (Lipinski definition) is 0. The highest BCUT2D eigenvalue weighted by Crippen LogP contribution is 2.30. The zero-order valence-electron chi connectivity index (χ0n) is 16.6. The van der Waals surface area contributed by atoms with E-state index < -0.39 is 0 Å². The molecule has 29 heavy (non-hydrogen) atoms. The molecule has 1 aliphatic carbocycles. The summed E-state index contributed by atoms with van der Waals surface area (Å²) in [7, 11) is 3.59. The summed E-state index contributed by atoms with van der Waals surface area (Å²) in [5.41, 5.74) is 2.13. The number of carbonyl (C=O) groups is 1. The maximum atomic E-state index is 12.9. The van der Waals surface area contributed by atoms with Crippen molar-refractivity contribution in [3.8, 4) is 17.1 Å². The molecule has 1 fully saturated rings. The number of thioether (sulfide) groups is 1. The lowest BCUT2D eigenvalue weighted by Crippen LogP contribution is -2.34. The first-order valence-electron chi connectivity index (χ1n) is 9.65. The Labute approximate surface area is 174 Å². The monoisotopic (exact) mass is 408 g/mol. The van der Waals surface area contributed by atoms with Crippen LogP contribution in [0.3, 0.4) is 0 Å². The van der Waals surface area contributed by atoms with Gasteiger partial charge in [-0.2, -0.15) is 0 Å². The van der Waals surface area contributed by atoms with E-state index in [0.717, 1.165) is 40.7 Å². The summed E-state index contributed by atoms with van der Waals surface area (Å²) < 4.78 is 7.16. The summed E-state index contributed by atoms with van der Waals surface area (Å²) in [4.78, 5) is 14.9. The van der Waals surface area contributed by atoms with E-state index >= 15 is 0 Å². The van der Waals surface area contributed by atoms with Crippen molar-refractivity contribution in [1.29, 1.82) is 0 Å². The van der Waals surface area contributed by atoms with Gasteiger partial charge in [0.05, 0.1) is 12.9 Å². The Morgan fingerprint density at radius 2 is 1.86 bits per heavy atom. The number of nitrogens with zero attached hydrogens (tertiary/aromatic N) is 4. The summed E-state index contributed by atoms with van der Waals surface area (Å²) in [6.45, 7) is 0.627. The molecule has 7 heteroatoms. The molecular weight excluding hydrogens is 384 g/mol. The molecule has 0 N–H and O–H groups in total. The first kappa shape index (κ1) is 19.5. The Kier molecular flexibility index (Phi) is 5.85. The predicted molar refractivity (Wildman–Crippen MR) is 114 cm³/mol. The molecule has 3 aromatic rings. The zero-order chi connectivity index (χ0) is 20.2. The molecule has 1 heterocycles. The summed E-state index contributed by atoms with van der Waals surface area (Å²) in [6, 6.07) is 18.2. The maximum absolute atomic E-state index is 12.9. The standard InChI is InChI=1S/C22H24N4O2S/c1-25-21(17-6-4-3-5-7-17)23-24-22(25)29-15-20(27)26(18-10-11-18)14-16-8-12-19(28-2)13-9-16/h3-9,12-13,18H,10-11,14-15H2,1-2H3. The van der Waals surface area contributed by atoms with E-state index in [1.807, 2.05) is 71.1 Å². The van der Waals surface area contributed by atoms with Crippen molar-refractivity contribution >= 4 is 17.7 Å². The van der Waals surface area contributed by atoms with Crippen LogP contribution in [0.2, 0.25) is 0 Å². The quantitative estimate of drug-likeness (QED) is 0.531. The molecule has 4 rings (SSSR count). The molecule has 2 aromatic carbocycles. The second kappa shape index (κ2) is 8.69. The van der Waals surface area contributed by atoms with Gasteiger partial charge in [-0.25, -0.2) is 0 Å². The molecular formula is C22H24N4O2S. The van der Waals surface area contributed by atoms with E-state index in [4.69, 9.17) is 4.74 Å². The number of hydrogen-bond acceptors (Lipinski definition) is 5. The number of ether oxygens (including phenoxy) is 1. The minimum atomic E-state index is 0.137. The molecule has 0 bridgehead atoms. The summed E-state index contributed by atoms with van der Waals surface area (Å²) in [5, 5.41) is 9.32. The number of methoxy groups -OCH3 is 1. The average molecular weight is 409 g/mol. The van der Waals surface area contributed by atoms with Crippen LogP contribution in [0, 0.1) is 0 Å². The number of carbonyl (C=O) groups excluding carboxylic acids is 1. The van der Waals surface area contributed by atoms with Gasteiger partial charge in [0.1, 0.15) is 5.75 Å². The Morgan fingerprint density at radius 1 is 1.14 bits per heavy atom. The van der Waals surface area contributed by atoms with Gasteiger partial charge in [0, 0.05) is 25.2 Å². The van der Waals surface area contributed by atoms with Gasteiger partial charge in [-0.1, -0.05) is 54.2 Å². The van der Waals surface area contributed by atoms with Crippen molar-refractivity contribution in [2.45, 2.75) is 30.6 Å². The third kappa shape index (κ3) is 4.62. The molecule has 0 spiro atoms.